The van der Waals surface area contributed by atoms with Crippen LogP contribution in [-0.4, -0.2) is 27.4 Å². The van der Waals surface area contributed by atoms with Crippen LogP contribution in [0.5, 0.6) is 0 Å². The third kappa shape index (κ3) is 3.98. The maximum atomic E-state index is 12.1. The third-order valence-corrected chi connectivity index (χ3v) is 3.88. The molecule has 0 aromatic carbocycles. The zero-order valence-electron chi connectivity index (χ0n) is 12.4. The molecule has 0 spiro atoms. The fourth-order valence-electron chi connectivity index (χ4n) is 1.75. The van der Waals surface area contributed by atoms with Crippen molar-refractivity contribution in [2.24, 2.45) is 0 Å². The number of rotatable bonds is 5. The summed E-state index contributed by atoms with van der Waals surface area (Å²) in [6, 6.07) is 0. The van der Waals surface area contributed by atoms with E-state index in [1.165, 1.54) is 6.20 Å². The number of anilines is 1. The number of nitrogen functional groups attached to an aromatic ring is 1. The lowest BCUT2D eigenvalue weighted by molar-refractivity contribution is 0.0949. The second kappa shape index (κ2) is 6.62. The molecule has 3 N–H and O–H groups in total. The summed E-state index contributed by atoms with van der Waals surface area (Å²) in [6.45, 7) is 6.40. The van der Waals surface area contributed by atoms with Crippen molar-refractivity contribution >= 4 is 22.9 Å². The van der Waals surface area contributed by atoms with Crippen molar-refractivity contribution in [3.8, 4) is 0 Å². The van der Waals surface area contributed by atoms with E-state index in [1.54, 1.807) is 11.3 Å². The van der Waals surface area contributed by atoms with Crippen LogP contribution < -0.4 is 11.1 Å². The van der Waals surface area contributed by atoms with E-state index in [4.69, 9.17) is 5.73 Å². The molecule has 2 aromatic heterocycles. The van der Waals surface area contributed by atoms with E-state index in [0.717, 1.165) is 10.7 Å². The summed E-state index contributed by atoms with van der Waals surface area (Å²) in [4.78, 5) is 24.9. The normalized spacial score (nSPS) is 10.9. The van der Waals surface area contributed by atoms with Crippen molar-refractivity contribution in [2.75, 3.05) is 12.3 Å². The number of hydrogen-bond acceptors (Lipinski definition) is 6. The Morgan fingerprint density at radius 1 is 1.43 bits per heavy atom. The Bertz CT molecular complexity index is 638. The molecule has 2 rings (SSSR count). The molecule has 2 heterocycles. The number of carbonyl (C=O) groups is 1. The van der Waals surface area contributed by atoms with E-state index >= 15 is 0 Å². The topological polar surface area (TPSA) is 93.8 Å². The van der Waals surface area contributed by atoms with Crippen molar-refractivity contribution in [1.82, 2.24) is 20.3 Å². The second-order valence-corrected chi connectivity index (χ2v) is 6.02. The summed E-state index contributed by atoms with van der Waals surface area (Å²) in [5, 5.41) is 5.82. The van der Waals surface area contributed by atoms with E-state index in [9.17, 15) is 4.79 Å². The molecule has 1 amide bonds. The van der Waals surface area contributed by atoms with Gasteiger partial charge in [0.1, 0.15) is 5.82 Å². The summed E-state index contributed by atoms with van der Waals surface area (Å²) < 4.78 is 0. The summed E-state index contributed by atoms with van der Waals surface area (Å²) in [5.41, 5.74) is 7.32. The largest absolute Gasteiger partial charge is 0.396 e. The van der Waals surface area contributed by atoms with E-state index in [-0.39, 0.29) is 17.5 Å². The molecule has 0 atom stereocenters. The average molecular weight is 305 g/mol. The van der Waals surface area contributed by atoms with Crippen LogP contribution >= 0.6 is 11.3 Å². The Kier molecular flexibility index (Phi) is 4.85. The Labute approximate surface area is 127 Å². The smallest absolute Gasteiger partial charge is 0.272 e. The summed E-state index contributed by atoms with van der Waals surface area (Å²) in [7, 11) is 0. The number of amides is 1. The number of aryl methyl sites for hydroxylation is 1. The van der Waals surface area contributed by atoms with Crippen LogP contribution in [0.25, 0.3) is 0 Å². The van der Waals surface area contributed by atoms with Gasteiger partial charge in [0, 0.05) is 30.0 Å². The van der Waals surface area contributed by atoms with E-state index in [2.05, 4.69) is 20.3 Å². The standard InChI is InChI=1S/C14H19N5OS/c1-8(2)13-17-6-10(15)12(19-13)14(20)16-5-4-11-18-9(3)7-21-11/h6-8H,4-5,15H2,1-3H3,(H,16,20). The van der Waals surface area contributed by atoms with Crippen LogP contribution in [0, 0.1) is 6.92 Å². The summed E-state index contributed by atoms with van der Waals surface area (Å²) in [6.07, 6.45) is 2.19. The highest BCUT2D eigenvalue weighted by Crippen LogP contribution is 2.13. The molecular formula is C14H19N5OS. The van der Waals surface area contributed by atoms with Gasteiger partial charge in [0.2, 0.25) is 0 Å². The number of aromatic nitrogens is 3. The minimum absolute atomic E-state index is 0.149. The highest BCUT2D eigenvalue weighted by atomic mass is 32.1. The molecule has 2 aromatic rings. The van der Waals surface area contributed by atoms with Crippen LogP contribution in [0.1, 0.15) is 46.8 Å². The van der Waals surface area contributed by atoms with E-state index < -0.39 is 0 Å². The van der Waals surface area contributed by atoms with Gasteiger partial charge in [0.25, 0.3) is 5.91 Å². The van der Waals surface area contributed by atoms with Gasteiger partial charge in [-0.3, -0.25) is 4.79 Å². The molecule has 6 nitrogen and oxygen atoms in total. The molecule has 0 unspecified atom stereocenters. The van der Waals surface area contributed by atoms with Gasteiger partial charge in [-0.2, -0.15) is 0 Å². The van der Waals surface area contributed by atoms with Crippen LogP contribution in [0.3, 0.4) is 0 Å². The molecule has 21 heavy (non-hydrogen) atoms. The van der Waals surface area contributed by atoms with Crippen LogP contribution in [0.15, 0.2) is 11.6 Å². The lowest BCUT2D eigenvalue weighted by Crippen LogP contribution is -2.28. The van der Waals surface area contributed by atoms with Gasteiger partial charge < -0.3 is 11.1 Å². The number of hydrogen-bond donors (Lipinski definition) is 2. The predicted octanol–water partition coefficient (Wildman–Crippen LogP) is 1.92. The molecule has 0 saturated heterocycles. The molecule has 0 aliphatic carbocycles. The van der Waals surface area contributed by atoms with Gasteiger partial charge in [0.05, 0.1) is 16.9 Å². The Balaban J connectivity index is 1.98. The average Bonchev–Trinajstić information content (AvgIpc) is 2.84. The number of thiazole rings is 1. The Morgan fingerprint density at radius 2 is 2.19 bits per heavy atom. The minimum atomic E-state index is -0.273. The first-order valence-corrected chi connectivity index (χ1v) is 7.67. The molecule has 0 aliphatic rings. The Morgan fingerprint density at radius 3 is 2.81 bits per heavy atom. The first-order valence-electron chi connectivity index (χ1n) is 6.79. The zero-order chi connectivity index (χ0) is 15.4. The third-order valence-electron chi connectivity index (χ3n) is 2.86. The molecular weight excluding hydrogens is 286 g/mol. The molecule has 7 heteroatoms. The van der Waals surface area contributed by atoms with Crippen molar-refractivity contribution in [3.63, 3.8) is 0 Å². The second-order valence-electron chi connectivity index (χ2n) is 5.08. The van der Waals surface area contributed by atoms with Crippen LogP contribution in [0.2, 0.25) is 0 Å². The molecule has 0 bridgehead atoms. The number of nitrogens with one attached hydrogen (secondary N) is 1. The lowest BCUT2D eigenvalue weighted by Gasteiger charge is -2.09. The number of nitrogens with zero attached hydrogens (tertiary/aromatic N) is 3. The molecule has 0 fully saturated rings. The van der Waals surface area contributed by atoms with E-state index in [1.807, 2.05) is 26.2 Å². The monoisotopic (exact) mass is 305 g/mol. The van der Waals surface area contributed by atoms with Crippen molar-refractivity contribution in [1.29, 1.82) is 0 Å². The maximum absolute atomic E-state index is 12.1. The summed E-state index contributed by atoms with van der Waals surface area (Å²) >= 11 is 1.59. The fourth-order valence-corrected chi connectivity index (χ4v) is 2.52. The van der Waals surface area contributed by atoms with Gasteiger partial charge in [-0.05, 0) is 6.92 Å². The van der Waals surface area contributed by atoms with Gasteiger partial charge >= 0.3 is 0 Å². The minimum Gasteiger partial charge on any atom is -0.396 e. The fraction of sp³-hybridized carbons (Fsp3) is 0.429. The van der Waals surface area contributed by atoms with Gasteiger partial charge in [-0.25, -0.2) is 15.0 Å². The SMILES string of the molecule is Cc1csc(CCNC(=O)c2nc(C(C)C)ncc2N)n1. The first kappa shape index (κ1) is 15.4. The highest BCUT2D eigenvalue weighted by molar-refractivity contribution is 7.09. The van der Waals surface area contributed by atoms with Gasteiger partial charge in [0.15, 0.2) is 5.69 Å². The van der Waals surface area contributed by atoms with Crippen LogP contribution in [-0.2, 0) is 6.42 Å². The lowest BCUT2D eigenvalue weighted by atomic mass is 10.2. The molecule has 0 aliphatic heterocycles. The van der Waals surface area contributed by atoms with Gasteiger partial charge in [-0.15, -0.1) is 11.3 Å². The molecule has 0 saturated carbocycles. The Hall–Kier alpha value is -2.02. The number of nitrogens with two attached hydrogens (primary N) is 1. The quantitative estimate of drug-likeness (QED) is 0.880. The van der Waals surface area contributed by atoms with Gasteiger partial charge in [-0.1, -0.05) is 13.8 Å². The first-order chi connectivity index (χ1) is 9.97. The summed E-state index contributed by atoms with van der Waals surface area (Å²) in [5.74, 6) is 0.491. The van der Waals surface area contributed by atoms with Crippen molar-refractivity contribution in [2.45, 2.75) is 33.1 Å². The maximum Gasteiger partial charge on any atom is 0.272 e. The molecule has 112 valence electrons. The molecule has 0 radical (unpaired) electrons. The predicted molar refractivity (Wildman–Crippen MR) is 83.4 cm³/mol. The number of carbonyl (C=O) groups excluding carboxylic acids is 1. The van der Waals surface area contributed by atoms with Crippen LogP contribution in [0.4, 0.5) is 5.69 Å². The van der Waals surface area contributed by atoms with Crippen molar-refractivity contribution < 1.29 is 4.79 Å². The van der Waals surface area contributed by atoms with E-state index in [0.29, 0.717) is 24.5 Å². The van der Waals surface area contributed by atoms with Crippen molar-refractivity contribution in [3.05, 3.63) is 33.8 Å². The zero-order valence-corrected chi connectivity index (χ0v) is 13.2. The highest BCUT2D eigenvalue weighted by Gasteiger charge is 2.14.